The van der Waals surface area contributed by atoms with E-state index in [1.807, 2.05) is 31.4 Å². The van der Waals surface area contributed by atoms with Gasteiger partial charge in [0.2, 0.25) is 0 Å². The Balaban J connectivity index is 1.92. The number of aromatic amines is 1. The van der Waals surface area contributed by atoms with E-state index >= 15 is 0 Å². The van der Waals surface area contributed by atoms with Crippen molar-refractivity contribution >= 4 is 33.3 Å². The molecule has 3 heterocycles. The van der Waals surface area contributed by atoms with Crippen LogP contribution in [0.15, 0.2) is 36.8 Å². The van der Waals surface area contributed by atoms with Crippen LogP contribution in [0, 0.1) is 0 Å². The molecule has 22 heavy (non-hydrogen) atoms. The first-order valence-corrected chi connectivity index (χ1v) is 6.81. The summed E-state index contributed by atoms with van der Waals surface area (Å²) in [5, 5.41) is 16.6. The van der Waals surface area contributed by atoms with Gasteiger partial charge in [-0.05, 0) is 18.2 Å². The summed E-state index contributed by atoms with van der Waals surface area (Å²) in [6.45, 7) is 0. The van der Waals surface area contributed by atoms with E-state index in [0.717, 1.165) is 39.1 Å². The Bertz CT molecular complexity index is 971. The summed E-state index contributed by atoms with van der Waals surface area (Å²) in [5.74, 6) is 1.52. The van der Waals surface area contributed by atoms with Gasteiger partial charge in [0.25, 0.3) is 0 Å². The third-order valence-electron chi connectivity index (χ3n) is 3.57. The van der Waals surface area contributed by atoms with E-state index in [9.17, 15) is 0 Å². The van der Waals surface area contributed by atoms with Gasteiger partial charge in [-0.25, -0.2) is 4.98 Å². The van der Waals surface area contributed by atoms with Gasteiger partial charge in [-0.2, -0.15) is 10.2 Å². The van der Waals surface area contributed by atoms with Gasteiger partial charge in [0.1, 0.15) is 11.3 Å². The highest BCUT2D eigenvalue weighted by atomic mass is 16.5. The second kappa shape index (κ2) is 4.73. The molecule has 4 rings (SSSR count). The molecule has 0 aliphatic heterocycles. The number of benzene rings is 1. The lowest BCUT2D eigenvalue weighted by Gasteiger charge is -2.08. The smallest absolute Gasteiger partial charge is 0.157 e. The minimum Gasteiger partial charge on any atom is -0.497 e. The second-order valence-electron chi connectivity index (χ2n) is 5.03. The summed E-state index contributed by atoms with van der Waals surface area (Å²) in [6.07, 6.45) is 5.44. The van der Waals surface area contributed by atoms with Crippen LogP contribution in [0.3, 0.4) is 0 Å². The standard InChI is InChI=1S/C15H14N6O/c1-21-8-9(6-17-21)18-15-14-12(7-16-20-14)11-5-10(22-2)3-4-13(11)19-15/h3-8H,1-2H3,(H,16,20)(H,18,19). The molecule has 0 aliphatic carbocycles. The molecule has 7 heteroatoms. The van der Waals surface area contributed by atoms with Gasteiger partial charge in [0.15, 0.2) is 5.82 Å². The molecular weight excluding hydrogens is 280 g/mol. The van der Waals surface area contributed by atoms with Crippen LogP contribution in [-0.4, -0.2) is 32.1 Å². The number of pyridine rings is 1. The van der Waals surface area contributed by atoms with Crippen molar-refractivity contribution in [2.75, 3.05) is 12.4 Å². The van der Waals surface area contributed by atoms with Crippen molar-refractivity contribution in [2.24, 2.45) is 7.05 Å². The van der Waals surface area contributed by atoms with Gasteiger partial charge in [0, 0.05) is 24.0 Å². The van der Waals surface area contributed by atoms with Crippen molar-refractivity contribution in [3.63, 3.8) is 0 Å². The van der Waals surface area contributed by atoms with Gasteiger partial charge >= 0.3 is 0 Å². The van der Waals surface area contributed by atoms with Crippen molar-refractivity contribution < 1.29 is 4.74 Å². The number of anilines is 2. The van der Waals surface area contributed by atoms with E-state index in [1.165, 1.54) is 0 Å². The summed E-state index contributed by atoms with van der Waals surface area (Å²) >= 11 is 0. The molecule has 2 N–H and O–H groups in total. The Morgan fingerprint density at radius 3 is 2.91 bits per heavy atom. The fourth-order valence-corrected chi connectivity index (χ4v) is 2.52. The number of aromatic nitrogens is 5. The SMILES string of the molecule is COc1ccc2nc(Nc3cnn(C)c3)c3[nH]ncc3c2c1. The molecule has 0 saturated carbocycles. The first-order valence-electron chi connectivity index (χ1n) is 6.81. The first-order chi connectivity index (χ1) is 10.7. The van der Waals surface area contributed by atoms with Crippen molar-refractivity contribution in [1.82, 2.24) is 25.0 Å². The molecule has 0 amide bonds. The molecule has 1 aromatic carbocycles. The van der Waals surface area contributed by atoms with Crippen LogP contribution < -0.4 is 10.1 Å². The zero-order chi connectivity index (χ0) is 15.1. The van der Waals surface area contributed by atoms with E-state index in [4.69, 9.17) is 4.74 Å². The van der Waals surface area contributed by atoms with Crippen LogP contribution >= 0.6 is 0 Å². The predicted molar refractivity (Wildman–Crippen MR) is 84.4 cm³/mol. The molecule has 0 bridgehead atoms. The molecular formula is C15H14N6O. The topological polar surface area (TPSA) is 80.6 Å². The number of nitrogens with zero attached hydrogens (tertiary/aromatic N) is 4. The Labute approximate surface area is 125 Å². The molecule has 7 nitrogen and oxygen atoms in total. The molecule has 0 spiro atoms. The number of fused-ring (bicyclic) bond motifs is 3. The highest BCUT2D eigenvalue weighted by Gasteiger charge is 2.11. The van der Waals surface area contributed by atoms with E-state index in [-0.39, 0.29) is 0 Å². The molecule has 3 aromatic heterocycles. The average Bonchev–Trinajstić information content (AvgIpc) is 3.16. The number of H-pyrrole nitrogens is 1. The Morgan fingerprint density at radius 2 is 2.14 bits per heavy atom. The molecule has 0 unspecified atom stereocenters. The van der Waals surface area contributed by atoms with Crippen LogP contribution in [0.5, 0.6) is 5.75 Å². The number of hydrogen-bond acceptors (Lipinski definition) is 5. The molecule has 110 valence electrons. The third-order valence-corrected chi connectivity index (χ3v) is 3.57. The fraction of sp³-hybridized carbons (Fsp3) is 0.133. The number of aryl methyl sites for hydroxylation is 1. The zero-order valence-corrected chi connectivity index (χ0v) is 12.2. The summed E-state index contributed by atoms with van der Waals surface area (Å²) < 4.78 is 7.03. The summed E-state index contributed by atoms with van der Waals surface area (Å²) in [6, 6.07) is 5.80. The monoisotopic (exact) mass is 294 g/mol. The van der Waals surface area contributed by atoms with Gasteiger partial charge in [0.05, 0.1) is 30.7 Å². The van der Waals surface area contributed by atoms with Crippen molar-refractivity contribution in [3.8, 4) is 5.75 Å². The Hall–Kier alpha value is -3.09. The number of ether oxygens (including phenoxy) is 1. The van der Waals surface area contributed by atoms with Gasteiger partial charge in [-0.1, -0.05) is 0 Å². The highest BCUT2D eigenvalue weighted by Crippen LogP contribution is 2.31. The zero-order valence-electron chi connectivity index (χ0n) is 12.2. The lowest BCUT2D eigenvalue weighted by molar-refractivity contribution is 0.415. The molecule has 4 aromatic rings. The van der Waals surface area contributed by atoms with Crippen LogP contribution in [-0.2, 0) is 7.05 Å². The number of hydrogen-bond donors (Lipinski definition) is 2. The molecule has 0 atom stereocenters. The maximum absolute atomic E-state index is 5.29. The van der Waals surface area contributed by atoms with E-state index in [1.54, 1.807) is 24.2 Å². The van der Waals surface area contributed by atoms with Crippen molar-refractivity contribution in [1.29, 1.82) is 0 Å². The number of nitrogens with one attached hydrogen (secondary N) is 2. The highest BCUT2D eigenvalue weighted by molar-refractivity contribution is 6.09. The Kier molecular flexibility index (Phi) is 2.72. The predicted octanol–water partition coefficient (Wildman–Crippen LogP) is 2.60. The number of rotatable bonds is 3. The quantitative estimate of drug-likeness (QED) is 0.607. The van der Waals surface area contributed by atoms with Gasteiger partial charge < -0.3 is 10.1 Å². The molecule has 0 radical (unpaired) electrons. The van der Waals surface area contributed by atoms with Crippen molar-refractivity contribution in [3.05, 3.63) is 36.8 Å². The maximum Gasteiger partial charge on any atom is 0.157 e. The lowest BCUT2D eigenvalue weighted by Crippen LogP contribution is -1.95. The van der Waals surface area contributed by atoms with Crippen LogP contribution in [0.2, 0.25) is 0 Å². The van der Waals surface area contributed by atoms with Crippen LogP contribution in [0.25, 0.3) is 21.8 Å². The van der Waals surface area contributed by atoms with E-state index in [0.29, 0.717) is 0 Å². The van der Waals surface area contributed by atoms with Crippen LogP contribution in [0.4, 0.5) is 11.5 Å². The molecule has 0 saturated heterocycles. The average molecular weight is 294 g/mol. The Morgan fingerprint density at radius 1 is 1.23 bits per heavy atom. The normalized spacial score (nSPS) is 11.2. The third kappa shape index (κ3) is 1.95. The van der Waals surface area contributed by atoms with Gasteiger partial charge in [-0.15, -0.1) is 0 Å². The summed E-state index contributed by atoms with van der Waals surface area (Å²) in [7, 11) is 3.52. The van der Waals surface area contributed by atoms with E-state index in [2.05, 4.69) is 25.6 Å². The largest absolute Gasteiger partial charge is 0.497 e. The van der Waals surface area contributed by atoms with Gasteiger partial charge in [-0.3, -0.25) is 9.78 Å². The minimum absolute atomic E-state index is 0.721. The molecule has 0 fully saturated rings. The number of methoxy groups -OCH3 is 1. The fourth-order valence-electron chi connectivity index (χ4n) is 2.52. The minimum atomic E-state index is 0.721. The second-order valence-corrected chi connectivity index (χ2v) is 5.03. The summed E-state index contributed by atoms with van der Waals surface area (Å²) in [4.78, 5) is 4.68. The van der Waals surface area contributed by atoms with Crippen LogP contribution in [0.1, 0.15) is 0 Å². The molecule has 0 aliphatic rings. The maximum atomic E-state index is 5.29. The van der Waals surface area contributed by atoms with Crippen molar-refractivity contribution in [2.45, 2.75) is 0 Å². The van der Waals surface area contributed by atoms with E-state index < -0.39 is 0 Å². The summed E-state index contributed by atoms with van der Waals surface area (Å²) in [5.41, 5.74) is 2.60. The first kappa shape index (κ1) is 12.6. The lowest BCUT2D eigenvalue weighted by atomic mass is 10.1.